The lowest BCUT2D eigenvalue weighted by Gasteiger charge is -2.40. The maximum Gasteiger partial charge on any atom is 0.331 e. The number of esters is 4. The number of rotatable bonds is 12. The Balaban J connectivity index is 0.000000136. The second-order valence-corrected chi connectivity index (χ2v) is 31.5. The first-order chi connectivity index (χ1) is 58.3. The van der Waals surface area contributed by atoms with Crippen LogP contribution in [-0.4, -0.2) is 257 Å². The Morgan fingerprint density at radius 1 is 0.508 bits per heavy atom. The molecule has 3 aromatic rings. The number of nitrogens with zero attached hydrogens (tertiary/aromatic N) is 6. The summed E-state index contributed by atoms with van der Waals surface area (Å²) in [7, 11) is 0. The molecule has 6 N–H and O–H groups in total. The molecule has 0 aliphatic carbocycles. The van der Waals surface area contributed by atoms with Crippen LogP contribution in [0.4, 0.5) is 39.5 Å². The highest BCUT2D eigenvalue weighted by Crippen LogP contribution is 2.48. The minimum Gasteiger partial charge on any atom is -0.475 e. The SMILES string of the molecule is CC1=N[C@](CF)(c2ccccc2F)[C@H]2CO[C@H](C)[C@H]2O1.CC1C=CC(=O)O1.CCC1=NO[C@H]2[C@@H]1C(=O)O[C@@H]2C.C[C@H]1OC(=O)[C@@H]2C(CF)=NO[C@@H]21.C[C@H]1OC(=O)[C@@H]2C(CO)=NO[C@@H]21.C[C@H]1OC(O)[C@@H]2C(CF)=NO[C@H]12.C[C@H]1OC[C@@H]2C(CF)=NO[C@@H]21.C[C@H]1OC[C@H]([C@@](N)(CF)c2ccccc2F)[C@@H]1O.C[C@H]1OC[C@H]2[C@@H]1ON[C@]2(CF)c1ccccc1F. The van der Waals surface area contributed by atoms with E-state index in [1.807, 2.05) is 41.5 Å². The second kappa shape index (κ2) is 40.8. The van der Waals surface area contributed by atoms with E-state index in [0.717, 1.165) is 12.1 Å². The molecule has 40 heteroatoms. The Bertz CT molecular complexity index is 4250. The summed E-state index contributed by atoms with van der Waals surface area (Å²) in [5, 5.41) is 46.2. The van der Waals surface area contributed by atoms with Crippen LogP contribution in [0.3, 0.4) is 0 Å². The van der Waals surface area contributed by atoms with Gasteiger partial charge < -0.3 is 92.6 Å². The van der Waals surface area contributed by atoms with Crippen molar-refractivity contribution in [1.29, 1.82) is 0 Å². The van der Waals surface area contributed by atoms with E-state index < -0.39 is 128 Å². The van der Waals surface area contributed by atoms with E-state index in [4.69, 9.17) is 82.5 Å². The van der Waals surface area contributed by atoms with E-state index in [0.29, 0.717) is 42.7 Å². The highest BCUT2D eigenvalue weighted by molar-refractivity contribution is 6.06. The molecule has 0 saturated carbocycles. The van der Waals surface area contributed by atoms with Crippen molar-refractivity contribution in [1.82, 2.24) is 5.48 Å². The number of ether oxygens (including phenoxy) is 10. The highest BCUT2D eigenvalue weighted by atomic mass is 19.2. The van der Waals surface area contributed by atoms with Crippen LogP contribution in [0, 0.1) is 64.8 Å². The molecule has 2 unspecified atom stereocenters. The van der Waals surface area contributed by atoms with Gasteiger partial charge in [0.25, 0.3) is 0 Å². The summed E-state index contributed by atoms with van der Waals surface area (Å²) in [6, 6.07) is 18.2. The second-order valence-electron chi connectivity index (χ2n) is 31.5. The van der Waals surface area contributed by atoms with Crippen LogP contribution in [0.15, 0.2) is 116 Å². The fourth-order valence-electron chi connectivity index (χ4n) is 16.9. The van der Waals surface area contributed by atoms with Gasteiger partial charge in [-0.1, -0.05) is 87.3 Å². The summed E-state index contributed by atoms with van der Waals surface area (Å²) < 4.78 is 171. The number of carbonyl (C=O) groups is 4. The summed E-state index contributed by atoms with van der Waals surface area (Å²) in [6.45, 7) is 16.6. The molecule has 0 radical (unpaired) electrons. The Morgan fingerprint density at radius 3 is 1.50 bits per heavy atom. The highest BCUT2D eigenvalue weighted by Gasteiger charge is 2.60. The molecule has 0 aromatic heterocycles. The number of cyclic esters (lactones) is 4. The summed E-state index contributed by atoms with van der Waals surface area (Å²) in [4.78, 5) is 78.2. The van der Waals surface area contributed by atoms with Gasteiger partial charge in [-0.15, -0.1) is 0 Å². The smallest absolute Gasteiger partial charge is 0.331 e. The largest absolute Gasteiger partial charge is 0.475 e. The van der Waals surface area contributed by atoms with Gasteiger partial charge in [-0.25, -0.2) is 49.3 Å². The number of fused-ring (bicyclic) bond motifs is 7. The molecule has 0 bridgehead atoms. The number of hydrogen-bond acceptors (Lipinski definition) is 31. The molecular weight excluding hydrogens is 1640 g/mol. The van der Waals surface area contributed by atoms with E-state index >= 15 is 0 Å². The van der Waals surface area contributed by atoms with Gasteiger partial charge in [0, 0.05) is 41.5 Å². The molecule has 16 aliphatic heterocycles. The monoisotopic (exact) mass is 1740 g/mol. The number of halogens is 9. The van der Waals surface area contributed by atoms with Gasteiger partial charge in [-0.05, 0) is 93.0 Å². The molecule has 3 aromatic carbocycles. The number of carbonyl (C=O) groups excluding carboxylic acids is 4. The summed E-state index contributed by atoms with van der Waals surface area (Å²) in [5.74, 6) is -5.11. The molecular formula is C82H103F9N8O23. The van der Waals surface area contributed by atoms with Crippen LogP contribution >= 0.6 is 0 Å². The lowest BCUT2D eigenvalue weighted by molar-refractivity contribution is -0.143. The van der Waals surface area contributed by atoms with Gasteiger partial charge in [0.1, 0.15) is 140 Å². The Hall–Kier alpha value is -8.97. The van der Waals surface area contributed by atoms with Crippen molar-refractivity contribution < 1.29 is 150 Å². The quantitative estimate of drug-likeness (QED) is 0.0658. The third kappa shape index (κ3) is 19.3. The van der Waals surface area contributed by atoms with Crippen molar-refractivity contribution in [3.63, 3.8) is 0 Å². The zero-order valence-corrected chi connectivity index (χ0v) is 68.7. The number of aliphatic hydroxyl groups excluding tert-OH is 3. The average molecular weight is 1740 g/mol. The lowest BCUT2D eigenvalue weighted by Crippen LogP contribution is -2.51. The number of benzene rings is 3. The van der Waals surface area contributed by atoms with Crippen LogP contribution < -0.4 is 11.2 Å². The first kappa shape index (κ1) is 93.7. The molecule has 9 saturated heterocycles. The van der Waals surface area contributed by atoms with E-state index in [9.17, 15) is 68.9 Å². The van der Waals surface area contributed by atoms with Gasteiger partial charge in [0.05, 0.1) is 104 Å². The molecule has 672 valence electrons. The molecule has 29 atom stereocenters. The maximum absolute atomic E-state index is 14.2. The van der Waals surface area contributed by atoms with Gasteiger partial charge >= 0.3 is 23.9 Å². The fourth-order valence-corrected chi connectivity index (χ4v) is 16.9. The van der Waals surface area contributed by atoms with Crippen LogP contribution in [0.25, 0.3) is 0 Å². The van der Waals surface area contributed by atoms with E-state index in [1.54, 1.807) is 83.2 Å². The number of oxime groups is 5. The number of hydrogen-bond donors (Lipinski definition) is 5. The van der Waals surface area contributed by atoms with Crippen molar-refractivity contribution in [3.05, 3.63) is 119 Å². The molecule has 16 aliphatic rings. The van der Waals surface area contributed by atoms with E-state index in [-0.39, 0.29) is 163 Å². The fraction of sp³-hybridized carbons (Fsp3) is 0.634. The number of aliphatic imine (C=N–C) groups is 1. The number of hydroxylamine groups is 1. The zero-order valence-electron chi connectivity index (χ0n) is 68.7. The third-order valence-corrected chi connectivity index (χ3v) is 23.9. The summed E-state index contributed by atoms with van der Waals surface area (Å²) >= 11 is 0. The summed E-state index contributed by atoms with van der Waals surface area (Å²) in [6.07, 6.45) is -1.37. The lowest BCUT2D eigenvalue weighted by atomic mass is 9.75. The van der Waals surface area contributed by atoms with Crippen molar-refractivity contribution in [3.8, 4) is 0 Å². The zero-order chi connectivity index (χ0) is 88.4. The standard InChI is InChI=1S/C15H17F2NO2.C13H15F2NO2.C13H17F2NO2.C8H11NO3.C7H10FNO3.C7H8FNO3.C7H10FNO2.C7H9NO4.C5H6O2/c1-9-14-12(7-19-9)15(8-16,18-10(2)20-14)11-5-3-4-6-13(11)17;1-8-12-10(6-17-8)13(7-14,16-18-12)9-4-2-3-5-11(9)15;1-8-12(17)10(6-18-8)13(16,7-14)9-4-2-3-5-11(9)15;1-3-5-6-7(12-9-5)4(2)11-8(6)10;2*1-3-6-5(7(10)11-3)4(2-8)9-12-6;1-4-7-5(3-10-4)6(2-8)9-11-7;1-3-6-5(7(10)11-3)4(2-9)8-12-6;1-4-2-3-5(6)7-4/h3-6,9,12,14H,7-8H2,1-2H3;2-5,8,10,12,16H,6-7H2,1H3;2-5,8,10,12,17H,6-7,16H2,1H3;4,6-7H,3H2,1-2H3;3,5-7,10H,2H2,1H3;3,5-6H,2H2,1H3;4-5,7H,2-3H2,1H3;3,5-6,9H,2H2,1H3;2-4H,1H3/t9-,12+,14-,15-;2*8-,10+,12-,13-;4-,6-,7-;3-,5-,6-,7?;3-,5-,6-;4-,5-,7-;3-,5-,6-;/m11111111./s1. The maximum atomic E-state index is 14.2. The van der Waals surface area contributed by atoms with Crippen molar-refractivity contribution in [2.75, 3.05) is 73.1 Å². The Morgan fingerprint density at radius 2 is 0.992 bits per heavy atom. The Labute approximate surface area is 696 Å². The molecule has 9 fully saturated rings. The van der Waals surface area contributed by atoms with Crippen molar-refractivity contribution >= 4 is 58.3 Å². The average Bonchev–Trinajstić information content (AvgIpc) is 1.51. The molecule has 122 heavy (non-hydrogen) atoms. The van der Waals surface area contributed by atoms with Gasteiger partial charge in [-0.3, -0.25) is 19.2 Å². The first-order valence-electron chi connectivity index (χ1n) is 40.1. The molecule has 31 nitrogen and oxygen atoms in total. The third-order valence-electron chi connectivity index (χ3n) is 23.9. The van der Waals surface area contributed by atoms with Gasteiger partial charge in [0.2, 0.25) is 0 Å². The number of nitrogens with two attached hydrogens (primary N) is 1. The minimum absolute atomic E-state index is 0.00694. The van der Waals surface area contributed by atoms with Crippen LogP contribution in [0.5, 0.6) is 0 Å². The molecule has 16 heterocycles. The van der Waals surface area contributed by atoms with Crippen molar-refractivity contribution in [2.24, 2.45) is 83.8 Å². The molecule has 0 spiro atoms. The normalized spacial score (nSPS) is 37.5. The van der Waals surface area contributed by atoms with Gasteiger partial charge in [0.15, 0.2) is 42.7 Å². The van der Waals surface area contributed by atoms with Crippen LogP contribution in [-0.2, 0) is 112 Å². The number of nitrogens with one attached hydrogen (secondary N) is 1. The minimum atomic E-state index is -1.56. The van der Waals surface area contributed by atoms with E-state index in [2.05, 4.69) is 41.0 Å². The predicted molar refractivity (Wildman–Crippen MR) is 413 cm³/mol. The number of aliphatic hydroxyl groups is 3. The van der Waals surface area contributed by atoms with E-state index in [1.165, 1.54) is 36.4 Å². The number of alkyl halides is 6. The summed E-state index contributed by atoms with van der Waals surface area (Å²) in [5.41, 5.74) is 7.53. The van der Waals surface area contributed by atoms with Crippen LogP contribution in [0.1, 0.15) is 99.3 Å². The molecule has 0 amide bonds. The first-order valence-corrected chi connectivity index (χ1v) is 40.1. The predicted octanol–water partition coefficient (Wildman–Crippen LogP) is 7.69. The van der Waals surface area contributed by atoms with Crippen molar-refractivity contribution in [2.45, 2.75) is 209 Å². The molecule has 19 rings (SSSR count). The van der Waals surface area contributed by atoms with Crippen LogP contribution in [0.2, 0.25) is 0 Å². The topological polar surface area (TPSA) is 389 Å². The van der Waals surface area contributed by atoms with Gasteiger partial charge in [-0.2, -0.15) is 5.48 Å². The Kier molecular flexibility index (Phi) is 31.3.